The number of aromatic nitrogens is 6. The summed E-state index contributed by atoms with van der Waals surface area (Å²) in [5.41, 5.74) is 0.135. The van der Waals surface area contributed by atoms with Gasteiger partial charge in [0.2, 0.25) is 0 Å². The van der Waals surface area contributed by atoms with Gasteiger partial charge in [0.05, 0.1) is 33.6 Å². The third kappa shape index (κ3) is 14.7. The van der Waals surface area contributed by atoms with E-state index in [-0.39, 0.29) is 39.4 Å². The second-order valence-electron chi connectivity index (χ2n) is 26.1. The summed E-state index contributed by atoms with van der Waals surface area (Å²) in [4.78, 5) is 28.3. The van der Waals surface area contributed by atoms with Crippen molar-refractivity contribution in [1.82, 2.24) is 29.9 Å². The number of halogens is 3. The maximum absolute atomic E-state index is 13.2. The second kappa shape index (κ2) is 26.5. The minimum absolute atomic E-state index is 0.131. The highest BCUT2D eigenvalue weighted by atomic mass is 32.2. The van der Waals surface area contributed by atoms with Crippen LogP contribution in [0.15, 0.2) is 218 Å². The van der Waals surface area contributed by atoms with Gasteiger partial charge in [-0.05, 0) is 117 Å². The molecule has 3 saturated heterocycles. The van der Waals surface area contributed by atoms with Crippen molar-refractivity contribution in [3.05, 3.63) is 218 Å². The molecule has 3 aliphatic rings. The molecule has 0 amide bonds. The highest BCUT2D eigenvalue weighted by molar-refractivity contribution is 7.88. The topological polar surface area (TPSA) is 176 Å². The molecule has 5 heterocycles. The van der Waals surface area contributed by atoms with Gasteiger partial charge >= 0.3 is 36.8 Å². The Bertz CT molecular complexity index is 4260. The van der Waals surface area contributed by atoms with E-state index in [1.165, 1.54) is 12.1 Å². The minimum atomic E-state index is -5.94. The molecule has 0 saturated carbocycles. The summed E-state index contributed by atoms with van der Waals surface area (Å²) in [5, 5.41) is 0. The molecule has 8 aromatic carbocycles. The SMILES string of the molecule is CC1(C)OB(B2OC(C)(C)C(C)(C)O2)OC1(C)C.CC1(C)OB(c2cc(-c3nc(-c4ccccc4)nc(-c4ccccc4)n3)ccc2-c2ccccc2)OC1(C)C.O=S(=O)(Oc1cc(-c2nc(-c3ccccc3)nc(-c3ccccc3)n2)ccc1-c1ccccc1)C(F)(F)F. The van der Waals surface area contributed by atoms with Crippen molar-refractivity contribution in [2.45, 2.75) is 122 Å². The highest BCUT2D eigenvalue weighted by Crippen LogP contribution is 2.44. The fourth-order valence-corrected chi connectivity index (χ4v) is 10.8. The standard InChI is InChI=1S/C33H30BN3O2.C28H18F3N3O3S.C12H24B2O4/c1-32(2)33(3,4)39-34(38-32)28-22-26(20-21-27(28)23-14-8-5-9-15-23)31-36-29(24-16-10-6-11-17-24)35-30(37-31)25-18-12-7-13-19-25;29-28(30,31)38(35,36)37-24-18-22(16-17-23(24)19-10-4-1-5-11-19)27-33-25(20-12-6-2-7-13-20)32-26(34-27)21-14-8-3-9-15-21;1-9(2)10(3,4)16-13(15-9)14-17-11(5,6)12(7,8)18-14/h5-22H,1-4H3;1-18H;1-8H3. The molecule has 3 fully saturated rings. The molecular formula is C73H72B3F3N6O9S. The zero-order valence-electron chi connectivity index (χ0n) is 54.9. The summed E-state index contributed by atoms with van der Waals surface area (Å²) in [6.45, 7) is 24.5. The Hall–Kier alpha value is -8.73. The molecule has 0 N–H and O–H groups in total. The smallest absolute Gasteiger partial charge is 0.405 e. The maximum atomic E-state index is 13.2. The zero-order valence-corrected chi connectivity index (χ0v) is 55.7. The Morgan fingerprint density at radius 1 is 0.326 bits per heavy atom. The van der Waals surface area contributed by atoms with Crippen LogP contribution in [0.5, 0.6) is 5.75 Å². The minimum Gasteiger partial charge on any atom is -0.405 e. The molecule has 0 atom stereocenters. The van der Waals surface area contributed by atoms with Crippen molar-refractivity contribution in [3.63, 3.8) is 0 Å². The van der Waals surface area contributed by atoms with Crippen LogP contribution >= 0.6 is 0 Å². The van der Waals surface area contributed by atoms with Gasteiger partial charge in [0, 0.05) is 38.9 Å². The van der Waals surface area contributed by atoms with E-state index in [9.17, 15) is 21.6 Å². The number of hydrogen-bond donors (Lipinski definition) is 0. The van der Waals surface area contributed by atoms with Crippen LogP contribution in [0.25, 0.3) is 90.6 Å². The number of rotatable bonds is 12. The van der Waals surface area contributed by atoms with Gasteiger partial charge < -0.3 is 32.1 Å². The summed E-state index contributed by atoms with van der Waals surface area (Å²) >= 11 is 0. The Kier molecular flexibility index (Phi) is 18.9. The van der Waals surface area contributed by atoms with E-state index in [0.717, 1.165) is 33.3 Å². The number of nitrogens with zero attached hydrogens (tertiary/aromatic N) is 6. The molecule has 0 aliphatic carbocycles. The van der Waals surface area contributed by atoms with Gasteiger partial charge in [-0.3, -0.25) is 0 Å². The lowest BCUT2D eigenvalue weighted by Gasteiger charge is -2.32. The van der Waals surface area contributed by atoms with E-state index >= 15 is 0 Å². The van der Waals surface area contributed by atoms with Gasteiger partial charge in [-0.1, -0.05) is 206 Å². The average molecular weight is 1300 g/mol. The lowest BCUT2D eigenvalue weighted by molar-refractivity contribution is -0.0499. The van der Waals surface area contributed by atoms with Crippen LogP contribution in [0.2, 0.25) is 0 Å². The second-order valence-corrected chi connectivity index (χ2v) is 27.7. The van der Waals surface area contributed by atoms with Crippen LogP contribution in [0.4, 0.5) is 13.2 Å². The first-order chi connectivity index (χ1) is 44.9. The van der Waals surface area contributed by atoms with E-state index in [0.29, 0.717) is 45.8 Å². The van der Waals surface area contributed by atoms with Gasteiger partial charge in [-0.2, -0.15) is 21.6 Å². The summed E-state index contributed by atoms with van der Waals surface area (Å²) < 4.78 is 105. The first kappa shape index (κ1) is 67.7. The fourth-order valence-electron chi connectivity index (χ4n) is 10.4. The van der Waals surface area contributed by atoms with E-state index < -0.39 is 53.7 Å². The van der Waals surface area contributed by atoms with Gasteiger partial charge in [-0.25, -0.2) is 29.9 Å². The summed E-state index contributed by atoms with van der Waals surface area (Å²) in [5.74, 6) is 2.16. The molecule has 95 heavy (non-hydrogen) atoms. The predicted octanol–water partition coefficient (Wildman–Crippen LogP) is 15.9. The summed E-state index contributed by atoms with van der Waals surface area (Å²) in [7, 11) is -7.42. The van der Waals surface area contributed by atoms with E-state index in [2.05, 4.69) is 77.2 Å². The van der Waals surface area contributed by atoms with E-state index in [1.54, 1.807) is 36.4 Å². The highest BCUT2D eigenvalue weighted by Gasteiger charge is 2.64. The third-order valence-electron chi connectivity index (χ3n) is 17.9. The molecule has 484 valence electrons. The molecule has 0 bridgehead atoms. The number of hydrogen-bond acceptors (Lipinski definition) is 15. The van der Waals surface area contributed by atoms with Crippen LogP contribution in [-0.2, 0) is 38.0 Å². The van der Waals surface area contributed by atoms with Crippen molar-refractivity contribution >= 4 is 36.7 Å². The van der Waals surface area contributed by atoms with Crippen LogP contribution in [0, 0.1) is 0 Å². The van der Waals surface area contributed by atoms with Crippen molar-refractivity contribution in [2.75, 3.05) is 0 Å². The first-order valence-electron chi connectivity index (χ1n) is 31.1. The number of alkyl halides is 3. The Balaban J connectivity index is 0.000000155. The van der Waals surface area contributed by atoms with Crippen LogP contribution in [0.1, 0.15) is 83.1 Å². The average Bonchev–Trinajstić information content (AvgIpc) is 1.67. The first-order valence-corrected chi connectivity index (χ1v) is 32.5. The molecule has 10 aromatic rings. The van der Waals surface area contributed by atoms with Gasteiger partial charge in [-0.15, -0.1) is 0 Å². The molecular weight excluding hydrogens is 1230 g/mol. The lowest BCUT2D eigenvalue weighted by Crippen LogP contribution is -2.41. The normalized spacial score (nSPS) is 17.3. The molecule has 3 aliphatic heterocycles. The fraction of sp³-hybridized carbons (Fsp3) is 0.260. The summed E-state index contributed by atoms with van der Waals surface area (Å²) in [6.07, 6.45) is 0. The van der Waals surface area contributed by atoms with E-state index in [4.69, 9.17) is 42.9 Å². The van der Waals surface area contributed by atoms with Gasteiger partial charge in [0.25, 0.3) is 0 Å². The van der Waals surface area contributed by atoms with Crippen molar-refractivity contribution < 1.29 is 53.7 Å². The predicted molar refractivity (Wildman–Crippen MR) is 367 cm³/mol. The molecule has 0 radical (unpaired) electrons. The monoisotopic (exact) mass is 1300 g/mol. The van der Waals surface area contributed by atoms with Crippen LogP contribution in [-0.4, -0.2) is 98.6 Å². The van der Waals surface area contributed by atoms with Gasteiger partial charge in [0.15, 0.2) is 40.7 Å². The molecule has 15 nitrogen and oxygen atoms in total. The maximum Gasteiger partial charge on any atom is 0.534 e. The molecule has 13 rings (SSSR count). The quantitative estimate of drug-likeness (QED) is 0.0641. The molecule has 0 unspecified atom stereocenters. The van der Waals surface area contributed by atoms with Crippen molar-refractivity contribution in [1.29, 1.82) is 0 Å². The van der Waals surface area contributed by atoms with Crippen LogP contribution < -0.4 is 9.65 Å². The largest absolute Gasteiger partial charge is 0.534 e. The van der Waals surface area contributed by atoms with Crippen molar-refractivity contribution in [2.24, 2.45) is 0 Å². The van der Waals surface area contributed by atoms with Gasteiger partial charge in [0.1, 0.15) is 0 Å². The molecule has 0 spiro atoms. The summed E-state index contributed by atoms with van der Waals surface area (Å²) in [6, 6.07) is 67.4. The molecule has 22 heteroatoms. The van der Waals surface area contributed by atoms with Crippen molar-refractivity contribution in [3.8, 4) is 96.3 Å². The van der Waals surface area contributed by atoms with E-state index in [1.807, 2.05) is 195 Å². The molecule has 2 aromatic heterocycles. The van der Waals surface area contributed by atoms with Crippen LogP contribution in [0.3, 0.4) is 0 Å². The lowest BCUT2D eigenvalue weighted by atomic mass is 9.49. The Morgan fingerprint density at radius 3 is 0.884 bits per heavy atom. The zero-order chi connectivity index (χ0) is 67.8. The third-order valence-corrected chi connectivity index (χ3v) is 18.8. The Labute approximate surface area is 554 Å². The Morgan fingerprint density at radius 2 is 0.579 bits per heavy atom. The number of benzene rings is 8.